The van der Waals surface area contributed by atoms with Gasteiger partial charge in [0.2, 0.25) is 0 Å². The molecule has 2 heterocycles. The Morgan fingerprint density at radius 2 is 2.33 bits per heavy atom. The van der Waals surface area contributed by atoms with E-state index in [1.807, 2.05) is 0 Å². The zero-order chi connectivity index (χ0) is 10.8. The van der Waals surface area contributed by atoms with E-state index in [4.69, 9.17) is 4.42 Å². The van der Waals surface area contributed by atoms with Crippen LogP contribution >= 0.6 is 0 Å². The van der Waals surface area contributed by atoms with Crippen molar-refractivity contribution in [3.05, 3.63) is 24.1 Å². The third-order valence-corrected chi connectivity index (χ3v) is 1.98. The number of amides is 1. The van der Waals surface area contributed by atoms with Gasteiger partial charge in [-0.05, 0) is 6.92 Å². The first-order chi connectivity index (χ1) is 7.16. The van der Waals surface area contributed by atoms with E-state index in [9.17, 15) is 9.59 Å². The quantitative estimate of drug-likeness (QED) is 0.789. The first-order valence-electron chi connectivity index (χ1n) is 4.50. The highest BCUT2D eigenvalue weighted by Crippen LogP contribution is 2.15. The van der Waals surface area contributed by atoms with Crippen LogP contribution in [-0.2, 0) is 4.79 Å². The zero-order valence-corrected chi connectivity index (χ0v) is 8.16. The highest BCUT2D eigenvalue weighted by atomic mass is 16.3. The standard InChI is InChI=1S/C10H10N2O3/c1-6(13)5-11-10(14)8-4-9-7(12-8)2-3-15-9/h2-4,12H,5H2,1H3,(H,11,14). The molecule has 0 saturated heterocycles. The second-order valence-corrected chi connectivity index (χ2v) is 3.27. The number of fused-ring (bicyclic) bond motifs is 1. The van der Waals surface area contributed by atoms with Crippen LogP contribution < -0.4 is 5.32 Å². The number of furan rings is 1. The minimum absolute atomic E-state index is 0.0409. The van der Waals surface area contributed by atoms with Gasteiger partial charge in [-0.25, -0.2) is 0 Å². The number of rotatable bonds is 3. The summed E-state index contributed by atoms with van der Waals surface area (Å²) in [6.45, 7) is 1.46. The van der Waals surface area contributed by atoms with Crippen molar-refractivity contribution in [1.29, 1.82) is 0 Å². The molecule has 0 spiro atoms. The summed E-state index contributed by atoms with van der Waals surface area (Å²) >= 11 is 0. The van der Waals surface area contributed by atoms with Gasteiger partial charge in [0.1, 0.15) is 11.5 Å². The van der Waals surface area contributed by atoms with Crippen LogP contribution in [0.4, 0.5) is 0 Å². The molecule has 0 fully saturated rings. The number of H-pyrrole nitrogens is 1. The monoisotopic (exact) mass is 206 g/mol. The lowest BCUT2D eigenvalue weighted by molar-refractivity contribution is -0.116. The number of hydrogen-bond acceptors (Lipinski definition) is 3. The van der Waals surface area contributed by atoms with Crippen LogP contribution in [0.25, 0.3) is 11.1 Å². The molecule has 0 aliphatic rings. The molecule has 0 saturated carbocycles. The van der Waals surface area contributed by atoms with Crippen molar-refractivity contribution in [3.63, 3.8) is 0 Å². The minimum Gasteiger partial charge on any atom is -0.463 e. The number of carbonyl (C=O) groups is 2. The Bertz CT molecular complexity index is 481. The predicted octanol–water partition coefficient (Wildman–Crippen LogP) is 1.08. The molecular formula is C10H10N2O3. The second kappa shape index (κ2) is 3.61. The largest absolute Gasteiger partial charge is 0.463 e. The molecule has 0 radical (unpaired) electrons. The highest BCUT2D eigenvalue weighted by molar-refractivity contribution is 5.98. The van der Waals surface area contributed by atoms with Gasteiger partial charge in [0, 0.05) is 12.1 Å². The van der Waals surface area contributed by atoms with E-state index in [-0.39, 0.29) is 18.2 Å². The van der Waals surface area contributed by atoms with Gasteiger partial charge in [0.05, 0.1) is 18.3 Å². The normalized spacial score (nSPS) is 10.5. The molecular weight excluding hydrogens is 196 g/mol. The molecule has 2 aromatic heterocycles. The molecule has 0 aromatic carbocycles. The number of aromatic amines is 1. The van der Waals surface area contributed by atoms with Gasteiger partial charge in [0.25, 0.3) is 5.91 Å². The lowest BCUT2D eigenvalue weighted by atomic mass is 10.3. The average Bonchev–Trinajstić information content (AvgIpc) is 2.72. The van der Waals surface area contributed by atoms with Crippen molar-refractivity contribution >= 4 is 22.8 Å². The summed E-state index contributed by atoms with van der Waals surface area (Å²) in [5, 5.41) is 2.49. The lowest BCUT2D eigenvalue weighted by Gasteiger charge is -1.99. The molecule has 5 nitrogen and oxygen atoms in total. The molecule has 0 aliphatic heterocycles. The first-order valence-corrected chi connectivity index (χ1v) is 4.50. The Labute approximate surface area is 85.4 Å². The van der Waals surface area contributed by atoms with E-state index in [1.165, 1.54) is 6.92 Å². The molecule has 0 bridgehead atoms. The predicted molar refractivity (Wildman–Crippen MR) is 53.6 cm³/mol. The van der Waals surface area contributed by atoms with E-state index in [1.54, 1.807) is 18.4 Å². The fourth-order valence-corrected chi connectivity index (χ4v) is 1.27. The summed E-state index contributed by atoms with van der Waals surface area (Å²) in [5.41, 5.74) is 1.79. The van der Waals surface area contributed by atoms with Crippen LogP contribution in [0.5, 0.6) is 0 Å². The smallest absolute Gasteiger partial charge is 0.268 e. The Hall–Kier alpha value is -2.04. The average molecular weight is 206 g/mol. The molecule has 0 aliphatic carbocycles. The molecule has 5 heteroatoms. The van der Waals surface area contributed by atoms with Crippen molar-refractivity contribution in [2.24, 2.45) is 0 Å². The van der Waals surface area contributed by atoms with E-state index in [2.05, 4.69) is 10.3 Å². The van der Waals surface area contributed by atoms with Gasteiger partial charge in [-0.3, -0.25) is 9.59 Å². The molecule has 2 aromatic rings. The summed E-state index contributed by atoms with van der Waals surface area (Å²) in [4.78, 5) is 25.0. The van der Waals surface area contributed by atoms with Crippen LogP contribution in [0, 0.1) is 0 Å². The SMILES string of the molecule is CC(=O)CNC(=O)c1cc2occc2[nH]1. The third-order valence-electron chi connectivity index (χ3n) is 1.98. The minimum atomic E-state index is -0.309. The van der Waals surface area contributed by atoms with E-state index < -0.39 is 0 Å². The molecule has 78 valence electrons. The fourth-order valence-electron chi connectivity index (χ4n) is 1.27. The number of carbonyl (C=O) groups excluding carboxylic acids is 2. The van der Waals surface area contributed by atoms with Gasteiger partial charge in [-0.2, -0.15) is 0 Å². The number of ketones is 1. The van der Waals surface area contributed by atoms with E-state index in [0.29, 0.717) is 11.3 Å². The zero-order valence-electron chi connectivity index (χ0n) is 8.16. The number of Topliss-reactive ketones (excluding diaryl/α,β-unsaturated/α-hetero) is 1. The van der Waals surface area contributed by atoms with Gasteiger partial charge in [-0.15, -0.1) is 0 Å². The molecule has 0 unspecified atom stereocenters. The topological polar surface area (TPSA) is 75.1 Å². The fraction of sp³-hybridized carbons (Fsp3) is 0.200. The van der Waals surface area contributed by atoms with Gasteiger partial charge in [0.15, 0.2) is 5.58 Å². The number of hydrogen-bond donors (Lipinski definition) is 2. The molecule has 0 atom stereocenters. The molecule has 1 amide bonds. The van der Waals surface area contributed by atoms with Gasteiger partial charge in [-0.1, -0.05) is 0 Å². The summed E-state index contributed by atoms with van der Waals surface area (Å²) in [5.74, 6) is -0.393. The van der Waals surface area contributed by atoms with Crippen molar-refractivity contribution < 1.29 is 14.0 Å². The Morgan fingerprint density at radius 1 is 1.53 bits per heavy atom. The summed E-state index contributed by atoms with van der Waals surface area (Å²) in [7, 11) is 0. The Morgan fingerprint density at radius 3 is 3.00 bits per heavy atom. The van der Waals surface area contributed by atoms with Crippen LogP contribution in [-0.4, -0.2) is 23.2 Å². The van der Waals surface area contributed by atoms with Crippen molar-refractivity contribution in [3.8, 4) is 0 Å². The van der Waals surface area contributed by atoms with Crippen LogP contribution in [0.15, 0.2) is 22.8 Å². The Balaban J connectivity index is 2.13. The highest BCUT2D eigenvalue weighted by Gasteiger charge is 2.10. The lowest BCUT2D eigenvalue weighted by Crippen LogP contribution is -2.28. The number of aromatic nitrogens is 1. The Kier molecular flexibility index (Phi) is 2.29. The second-order valence-electron chi connectivity index (χ2n) is 3.27. The molecule has 2 rings (SSSR count). The first kappa shape index (κ1) is 9.51. The van der Waals surface area contributed by atoms with E-state index in [0.717, 1.165) is 5.52 Å². The summed E-state index contributed by atoms with van der Waals surface area (Å²) < 4.78 is 5.10. The molecule has 15 heavy (non-hydrogen) atoms. The van der Waals surface area contributed by atoms with Gasteiger partial charge < -0.3 is 14.7 Å². The van der Waals surface area contributed by atoms with Crippen LogP contribution in [0.2, 0.25) is 0 Å². The van der Waals surface area contributed by atoms with Crippen molar-refractivity contribution in [2.75, 3.05) is 6.54 Å². The van der Waals surface area contributed by atoms with E-state index >= 15 is 0 Å². The van der Waals surface area contributed by atoms with Crippen LogP contribution in [0.3, 0.4) is 0 Å². The van der Waals surface area contributed by atoms with Crippen molar-refractivity contribution in [1.82, 2.24) is 10.3 Å². The summed E-state index contributed by atoms with van der Waals surface area (Å²) in [6.07, 6.45) is 1.54. The number of nitrogens with one attached hydrogen (secondary N) is 2. The van der Waals surface area contributed by atoms with Crippen LogP contribution in [0.1, 0.15) is 17.4 Å². The maximum absolute atomic E-state index is 11.5. The third kappa shape index (κ3) is 1.90. The van der Waals surface area contributed by atoms with Crippen molar-refractivity contribution in [2.45, 2.75) is 6.92 Å². The van der Waals surface area contributed by atoms with Gasteiger partial charge >= 0.3 is 0 Å². The maximum Gasteiger partial charge on any atom is 0.268 e. The maximum atomic E-state index is 11.5. The summed E-state index contributed by atoms with van der Waals surface area (Å²) in [6, 6.07) is 3.34. The molecule has 2 N–H and O–H groups in total.